The van der Waals surface area contributed by atoms with Crippen LogP contribution in [0, 0.1) is 29.1 Å². The molecule has 69 heavy (non-hydrogen) atoms. The lowest BCUT2D eigenvalue weighted by atomic mass is 9.43. The number of hydrogen-bond donors (Lipinski definition) is 5. The molecule has 378 valence electrons. The number of hydrogen-bond acceptors (Lipinski definition) is 11. The van der Waals surface area contributed by atoms with Gasteiger partial charge in [-0.3, -0.25) is 33.6 Å². The van der Waals surface area contributed by atoms with Crippen molar-refractivity contribution in [2.75, 3.05) is 6.54 Å². The van der Waals surface area contributed by atoms with Crippen molar-refractivity contribution in [3.8, 4) is 11.1 Å². The van der Waals surface area contributed by atoms with Gasteiger partial charge in [0.15, 0.2) is 17.3 Å². The number of amides is 2. The van der Waals surface area contributed by atoms with E-state index in [2.05, 4.69) is 62.6 Å². The largest absolute Gasteiger partial charge is 0.481 e. The Labute approximate surface area is 409 Å². The van der Waals surface area contributed by atoms with E-state index in [1.54, 1.807) is 12.1 Å². The van der Waals surface area contributed by atoms with Crippen LogP contribution in [0.5, 0.6) is 0 Å². The van der Waals surface area contributed by atoms with Crippen molar-refractivity contribution in [3.63, 3.8) is 0 Å². The van der Waals surface area contributed by atoms with Crippen molar-refractivity contribution in [2.24, 2.45) is 34.8 Å². The van der Waals surface area contributed by atoms with E-state index >= 15 is 0 Å². The minimum absolute atomic E-state index is 0.0318. The Morgan fingerprint density at radius 2 is 1.45 bits per heavy atom. The Balaban J connectivity index is 1.11. The monoisotopic (exact) mass is 956 g/mol. The normalized spacial score (nSPS) is 22.7. The summed E-state index contributed by atoms with van der Waals surface area (Å²) in [7, 11) is -0.632. The van der Waals surface area contributed by atoms with Gasteiger partial charge in [-0.15, -0.1) is 0 Å². The highest BCUT2D eigenvalue weighted by Gasteiger charge is 2.68. The Hall–Kier alpha value is -4.57. The molecule has 2 aromatic rings. The number of rotatable bonds is 30. The molecule has 1 heterocycles. The van der Waals surface area contributed by atoms with Gasteiger partial charge in [-0.1, -0.05) is 96.0 Å². The number of carboxylic acids is 1. The highest BCUT2D eigenvalue weighted by atomic mass is 16.7. The second-order valence-corrected chi connectivity index (χ2v) is 21.2. The average molecular weight is 956 g/mol. The van der Waals surface area contributed by atoms with Crippen LogP contribution in [0.2, 0.25) is 5.82 Å². The molecule has 6 N–H and O–H groups in total. The number of aliphatic hydroxyl groups excluding tert-OH is 1. The summed E-state index contributed by atoms with van der Waals surface area (Å²) in [4.78, 5) is 92.6. The number of unbranched alkanes of at least 4 members (excludes halogenated alkanes) is 2. The standard InChI is InChI=1S/C54H78BN3O11/c1-8-9-13-36-17-19-37(20-18-36)38-21-23-39(24-22-38)44(61)16-12-15-42(60)30-40(14-10-11-27-56)52(67)58-50(35(4)59)46(63)28-33(2)51(66)57-43(25-26-49(64)65)45(62)29-34(3)55-68-48-32-41-31-47(53(41,5)6)54(48,7)69-55/h17-24,33-35,40-41,43,47-48,50,59H,8-16,25-32,56H2,1-7H3,(H,57,66)(H,58,67)(H,64,65)/t33-,34-,35-,40-,41+,43+,47+,48?,50+,54+/m1/s1. The number of Topliss-reactive ketones (excluding diaryl/α,β-unsaturated/α-hetero) is 4. The van der Waals surface area contributed by atoms with Gasteiger partial charge in [0.25, 0.3) is 0 Å². The first kappa shape index (κ1) is 55.4. The van der Waals surface area contributed by atoms with E-state index in [0.29, 0.717) is 49.6 Å². The highest BCUT2D eigenvalue weighted by molar-refractivity contribution is 6.47. The SMILES string of the molecule is CCCCc1ccc(-c2ccc(C(=O)CCCC(=O)C[C@@H](CCCCN)C(=O)N[C@H](C(=O)C[C@@H](C)C(=O)N[C@@H](CCC(=O)O)C(=O)C[C@@H](C)B3OC4C[C@@H]5C[C@@H](C5(C)C)[C@]4(C)O3)[C@@H](C)O)cc2)cc1. The van der Waals surface area contributed by atoms with Gasteiger partial charge in [0.1, 0.15) is 11.8 Å². The molecule has 1 unspecified atom stereocenters. The average Bonchev–Trinajstić information content (AvgIpc) is 3.68. The first-order valence-electron chi connectivity index (χ1n) is 25.5. The van der Waals surface area contributed by atoms with Crippen LogP contribution >= 0.6 is 0 Å². The number of carboxylic acid groups (broad SMARTS) is 1. The fourth-order valence-electron chi connectivity index (χ4n) is 10.8. The molecule has 0 radical (unpaired) electrons. The molecule has 3 aliphatic carbocycles. The van der Waals surface area contributed by atoms with Gasteiger partial charge in [-0.25, -0.2) is 0 Å². The lowest BCUT2D eigenvalue weighted by Crippen LogP contribution is -2.65. The number of aliphatic carboxylic acids is 1. The summed E-state index contributed by atoms with van der Waals surface area (Å²) in [5.74, 6) is -5.03. The number of nitrogens with one attached hydrogen (secondary N) is 2. The van der Waals surface area contributed by atoms with Gasteiger partial charge >= 0.3 is 13.1 Å². The first-order chi connectivity index (χ1) is 32.7. The quantitative estimate of drug-likeness (QED) is 0.0289. The van der Waals surface area contributed by atoms with E-state index in [0.717, 1.165) is 43.2 Å². The minimum Gasteiger partial charge on any atom is -0.481 e. The predicted molar refractivity (Wildman–Crippen MR) is 265 cm³/mol. The van der Waals surface area contributed by atoms with Crippen LogP contribution in [0.3, 0.4) is 0 Å². The summed E-state index contributed by atoms with van der Waals surface area (Å²) in [6, 6.07) is 13.3. The zero-order valence-corrected chi connectivity index (χ0v) is 42.1. The van der Waals surface area contributed by atoms with Crippen molar-refractivity contribution in [1.29, 1.82) is 0 Å². The van der Waals surface area contributed by atoms with E-state index in [9.17, 15) is 43.8 Å². The van der Waals surface area contributed by atoms with Gasteiger partial charge < -0.3 is 35.9 Å². The molecule has 0 spiro atoms. The van der Waals surface area contributed by atoms with Crippen molar-refractivity contribution in [3.05, 3.63) is 59.7 Å². The van der Waals surface area contributed by atoms with Crippen molar-refractivity contribution >= 4 is 48.0 Å². The molecule has 2 aromatic carbocycles. The number of benzene rings is 2. The first-order valence-corrected chi connectivity index (χ1v) is 25.5. The third-order valence-corrected chi connectivity index (χ3v) is 15.4. The molecular weight excluding hydrogens is 877 g/mol. The second kappa shape index (κ2) is 25.0. The Kier molecular flexibility index (Phi) is 20.1. The van der Waals surface area contributed by atoms with Crippen LogP contribution in [0.1, 0.15) is 161 Å². The highest BCUT2D eigenvalue weighted by Crippen LogP contribution is 2.66. The summed E-state index contributed by atoms with van der Waals surface area (Å²) in [5.41, 5.74) is 9.32. The molecule has 14 nitrogen and oxygen atoms in total. The van der Waals surface area contributed by atoms with E-state index in [4.69, 9.17) is 15.0 Å². The number of aryl methyl sites for hydroxylation is 1. The molecule has 6 rings (SSSR count). The van der Waals surface area contributed by atoms with Gasteiger partial charge in [0, 0.05) is 55.9 Å². The maximum absolute atomic E-state index is 13.7. The van der Waals surface area contributed by atoms with Crippen LogP contribution in [-0.2, 0) is 44.5 Å². The molecule has 1 aliphatic heterocycles. The predicted octanol–water partition coefficient (Wildman–Crippen LogP) is 7.64. The Morgan fingerprint density at radius 3 is 2.06 bits per heavy atom. The molecule has 2 amide bonds. The van der Waals surface area contributed by atoms with Crippen molar-refractivity contribution in [2.45, 2.75) is 187 Å². The maximum atomic E-state index is 13.7. The van der Waals surface area contributed by atoms with Crippen LogP contribution in [0.15, 0.2) is 48.5 Å². The van der Waals surface area contributed by atoms with Gasteiger partial charge in [-0.05, 0) is 112 Å². The lowest BCUT2D eigenvalue weighted by molar-refractivity contribution is -0.199. The number of aliphatic hydroxyl groups is 1. The number of nitrogens with two attached hydrogens (primary N) is 1. The third kappa shape index (κ3) is 14.5. The minimum atomic E-state index is -1.40. The smallest absolute Gasteiger partial charge is 0.461 e. The van der Waals surface area contributed by atoms with E-state index < -0.39 is 72.7 Å². The van der Waals surface area contributed by atoms with Crippen LogP contribution in [0.25, 0.3) is 11.1 Å². The number of ketones is 4. The third-order valence-electron chi connectivity index (χ3n) is 15.4. The van der Waals surface area contributed by atoms with Crippen molar-refractivity contribution in [1.82, 2.24) is 10.6 Å². The van der Waals surface area contributed by atoms with E-state index in [1.165, 1.54) is 19.4 Å². The summed E-state index contributed by atoms with van der Waals surface area (Å²) in [6.07, 6.45) is 4.78. The zero-order valence-electron chi connectivity index (χ0n) is 42.1. The molecule has 10 atom stereocenters. The van der Waals surface area contributed by atoms with Crippen LogP contribution in [-0.4, -0.2) is 94.7 Å². The molecule has 4 aliphatic rings. The zero-order chi connectivity index (χ0) is 50.6. The summed E-state index contributed by atoms with van der Waals surface area (Å²) >= 11 is 0. The van der Waals surface area contributed by atoms with Crippen molar-refractivity contribution < 1.29 is 53.1 Å². The number of carbonyl (C=O) groups is 7. The Bertz CT molecular complexity index is 2110. The molecule has 15 heteroatoms. The maximum Gasteiger partial charge on any atom is 0.461 e. The summed E-state index contributed by atoms with van der Waals surface area (Å²) in [5, 5.41) is 25.5. The topological polar surface area (TPSA) is 228 Å². The number of carbonyl (C=O) groups excluding carboxylic acids is 6. The van der Waals surface area contributed by atoms with Gasteiger partial charge in [0.05, 0.1) is 23.9 Å². The molecule has 0 aromatic heterocycles. The van der Waals surface area contributed by atoms with E-state index in [1.807, 2.05) is 19.1 Å². The molecule has 4 fully saturated rings. The fraction of sp³-hybridized carbons (Fsp3) is 0.648. The van der Waals surface area contributed by atoms with E-state index in [-0.39, 0.29) is 73.2 Å². The van der Waals surface area contributed by atoms with Gasteiger partial charge in [-0.2, -0.15) is 0 Å². The second-order valence-electron chi connectivity index (χ2n) is 21.2. The van der Waals surface area contributed by atoms with Gasteiger partial charge in [0.2, 0.25) is 11.8 Å². The lowest BCUT2D eigenvalue weighted by Gasteiger charge is -2.64. The van der Waals surface area contributed by atoms with Crippen LogP contribution < -0.4 is 16.4 Å². The summed E-state index contributed by atoms with van der Waals surface area (Å²) in [6.45, 7) is 13.8. The molecular formula is C54H78BN3O11. The summed E-state index contributed by atoms with van der Waals surface area (Å²) < 4.78 is 12.9. The molecule has 1 saturated heterocycles. The molecule has 3 saturated carbocycles. The van der Waals surface area contributed by atoms with Crippen LogP contribution in [0.4, 0.5) is 0 Å². The Morgan fingerprint density at radius 1 is 0.783 bits per heavy atom. The fourth-order valence-corrected chi connectivity index (χ4v) is 10.8. The molecule has 2 bridgehead atoms.